The Bertz CT molecular complexity index is 2070. The van der Waals surface area contributed by atoms with Crippen LogP contribution in [-0.4, -0.2) is 6.71 Å². The van der Waals surface area contributed by atoms with Crippen molar-refractivity contribution in [2.24, 2.45) is 0 Å². The van der Waals surface area contributed by atoms with Crippen LogP contribution in [0.3, 0.4) is 0 Å². The van der Waals surface area contributed by atoms with Gasteiger partial charge in [-0.3, -0.25) is 0 Å². The smallest absolute Gasteiger partial charge is 0.260 e. The molecule has 0 atom stereocenters. The summed E-state index contributed by atoms with van der Waals surface area (Å²) in [5.41, 5.74) is 8.08. The molecule has 7 aromatic rings. The van der Waals surface area contributed by atoms with Crippen molar-refractivity contribution < 1.29 is 9.47 Å². The van der Waals surface area contributed by atoms with E-state index in [0.29, 0.717) is 0 Å². The van der Waals surface area contributed by atoms with E-state index in [1.807, 2.05) is 23.5 Å². The van der Waals surface area contributed by atoms with E-state index in [4.69, 9.17) is 9.47 Å². The van der Waals surface area contributed by atoms with Crippen LogP contribution in [0, 0.1) is 0 Å². The van der Waals surface area contributed by atoms with Gasteiger partial charge in [-0.05, 0) is 81.7 Å². The zero-order valence-corrected chi connectivity index (χ0v) is 22.2. The Balaban J connectivity index is 1.19. The minimum absolute atomic E-state index is 0.0902. The second-order valence-electron chi connectivity index (χ2n) is 10.5. The van der Waals surface area contributed by atoms with Crippen molar-refractivity contribution in [3.8, 4) is 45.3 Å². The molecule has 2 aliphatic rings. The Hall–Kier alpha value is -4.80. The van der Waals surface area contributed by atoms with Gasteiger partial charge < -0.3 is 9.47 Å². The first-order valence-electron chi connectivity index (χ1n) is 13.5. The van der Waals surface area contributed by atoms with E-state index >= 15 is 0 Å². The summed E-state index contributed by atoms with van der Waals surface area (Å²) in [4.78, 5) is 0. The third kappa shape index (κ3) is 3.23. The van der Waals surface area contributed by atoms with E-state index in [-0.39, 0.29) is 6.71 Å². The first kappa shape index (κ1) is 22.1. The number of benzene rings is 6. The maximum absolute atomic E-state index is 6.52. The lowest BCUT2D eigenvalue weighted by Gasteiger charge is -2.33. The van der Waals surface area contributed by atoms with E-state index < -0.39 is 0 Å². The van der Waals surface area contributed by atoms with Crippen molar-refractivity contribution in [3.63, 3.8) is 0 Å². The number of hydrogen-bond donors (Lipinski definition) is 0. The highest BCUT2D eigenvalue weighted by atomic mass is 32.1. The normalized spacial score (nSPS) is 12.8. The van der Waals surface area contributed by atoms with E-state index in [1.165, 1.54) is 42.2 Å². The van der Waals surface area contributed by atoms with E-state index in [9.17, 15) is 0 Å². The van der Waals surface area contributed by atoms with Crippen LogP contribution in [0.4, 0.5) is 0 Å². The molecule has 0 bridgehead atoms. The number of thiophene rings is 1. The quantitative estimate of drug-likeness (QED) is 0.211. The van der Waals surface area contributed by atoms with Crippen LogP contribution in [0.5, 0.6) is 23.0 Å². The lowest BCUT2D eigenvalue weighted by Crippen LogP contribution is -2.57. The average molecular weight is 528 g/mol. The van der Waals surface area contributed by atoms with Gasteiger partial charge in [0.2, 0.25) is 0 Å². The van der Waals surface area contributed by atoms with Crippen LogP contribution in [0.15, 0.2) is 127 Å². The molecule has 186 valence electrons. The topological polar surface area (TPSA) is 18.5 Å². The van der Waals surface area contributed by atoms with E-state index in [2.05, 4.69) is 115 Å². The Labute approximate surface area is 236 Å². The zero-order valence-electron chi connectivity index (χ0n) is 21.4. The maximum Gasteiger partial charge on any atom is 0.260 e. The van der Waals surface area contributed by atoms with Crippen LogP contribution in [0.2, 0.25) is 0 Å². The Morgan fingerprint density at radius 1 is 0.425 bits per heavy atom. The minimum Gasteiger partial charge on any atom is -0.458 e. The van der Waals surface area contributed by atoms with Crippen molar-refractivity contribution in [2.45, 2.75) is 0 Å². The van der Waals surface area contributed by atoms with Gasteiger partial charge in [-0.2, -0.15) is 0 Å². The van der Waals surface area contributed by atoms with Crippen LogP contribution in [0.1, 0.15) is 0 Å². The van der Waals surface area contributed by atoms with Gasteiger partial charge in [-0.1, -0.05) is 78.9 Å². The van der Waals surface area contributed by atoms with Crippen LogP contribution in [0.25, 0.3) is 42.4 Å². The molecule has 0 radical (unpaired) electrons. The molecule has 6 aromatic carbocycles. The number of para-hydroxylation sites is 2. The van der Waals surface area contributed by atoms with Gasteiger partial charge in [-0.25, -0.2) is 0 Å². The van der Waals surface area contributed by atoms with Crippen molar-refractivity contribution in [1.29, 1.82) is 0 Å². The first-order valence-corrected chi connectivity index (χ1v) is 14.4. The largest absolute Gasteiger partial charge is 0.458 e. The summed E-state index contributed by atoms with van der Waals surface area (Å²) in [6.07, 6.45) is 0. The molecule has 0 amide bonds. The lowest BCUT2D eigenvalue weighted by molar-refractivity contribution is 0.465. The molecule has 40 heavy (non-hydrogen) atoms. The number of hydrogen-bond acceptors (Lipinski definition) is 3. The molecule has 0 aliphatic carbocycles. The molecule has 0 fully saturated rings. The summed E-state index contributed by atoms with van der Waals surface area (Å²) in [5, 5.41) is 2.63. The molecule has 0 saturated heterocycles. The summed E-state index contributed by atoms with van der Waals surface area (Å²) < 4.78 is 15.7. The first-order chi connectivity index (χ1) is 19.8. The molecule has 9 rings (SSSR count). The van der Waals surface area contributed by atoms with Crippen molar-refractivity contribution in [2.75, 3.05) is 0 Å². The van der Waals surface area contributed by atoms with Crippen LogP contribution in [-0.2, 0) is 0 Å². The summed E-state index contributed by atoms with van der Waals surface area (Å²) in [5.74, 6) is 3.54. The van der Waals surface area contributed by atoms with Crippen molar-refractivity contribution in [1.82, 2.24) is 0 Å². The number of fused-ring (bicyclic) bond motifs is 7. The maximum atomic E-state index is 6.52. The highest BCUT2D eigenvalue weighted by Gasteiger charge is 2.40. The van der Waals surface area contributed by atoms with Gasteiger partial charge in [0, 0.05) is 25.6 Å². The Morgan fingerprint density at radius 2 is 1.02 bits per heavy atom. The predicted molar refractivity (Wildman–Crippen MR) is 168 cm³/mol. The predicted octanol–water partition coefficient (Wildman–Crippen LogP) is 8.12. The molecule has 0 saturated carbocycles. The highest BCUT2D eigenvalue weighted by molar-refractivity contribution is 7.25. The number of ether oxygens (including phenoxy) is 2. The fraction of sp³-hybridized carbons (Fsp3) is 0. The molecule has 0 N–H and O–H groups in total. The third-order valence-electron chi connectivity index (χ3n) is 8.20. The fourth-order valence-electron chi connectivity index (χ4n) is 6.34. The molecule has 2 aliphatic heterocycles. The third-order valence-corrected chi connectivity index (χ3v) is 9.35. The Kier molecular flexibility index (Phi) is 4.61. The lowest BCUT2D eigenvalue weighted by atomic mass is 9.35. The summed E-state index contributed by atoms with van der Waals surface area (Å²) >= 11 is 1.85. The second-order valence-corrected chi connectivity index (χ2v) is 11.6. The summed E-state index contributed by atoms with van der Waals surface area (Å²) in [6.45, 7) is 0.0902. The van der Waals surface area contributed by atoms with E-state index in [1.54, 1.807) is 0 Å². The molecule has 0 unspecified atom stereocenters. The van der Waals surface area contributed by atoms with Crippen molar-refractivity contribution >= 4 is 54.6 Å². The van der Waals surface area contributed by atoms with Gasteiger partial charge in [-0.15, -0.1) is 11.3 Å². The van der Waals surface area contributed by atoms with Crippen LogP contribution < -0.4 is 25.9 Å². The molecule has 4 heteroatoms. The van der Waals surface area contributed by atoms with Crippen LogP contribution >= 0.6 is 11.3 Å². The van der Waals surface area contributed by atoms with Gasteiger partial charge in [0.05, 0.1) is 0 Å². The fourth-order valence-corrected chi connectivity index (χ4v) is 7.43. The second kappa shape index (κ2) is 8.35. The van der Waals surface area contributed by atoms with Crippen molar-refractivity contribution in [3.05, 3.63) is 127 Å². The Morgan fingerprint density at radius 3 is 1.77 bits per heavy atom. The molecule has 2 nitrogen and oxygen atoms in total. The molecule has 1 aromatic heterocycles. The molecule has 0 spiro atoms. The summed E-state index contributed by atoms with van der Waals surface area (Å²) in [7, 11) is 0. The van der Waals surface area contributed by atoms with Gasteiger partial charge >= 0.3 is 0 Å². The standard InChI is InChI=1S/C36H21BO2S/c1-6-15-34-26(10-1)27-19-24(16-17-35(27)40-34)22-8-7-9-23(18-22)25-20-32-36-33(21-25)39-31-14-5-3-12-29(31)37(36)28-11-2-4-13-30(28)38-32/h1-21H. The van der Waals surface area contributed by atoms with Gasteiger partial charge in [0.1, 0.15) is 23.0 Å². The minimum atomic E-state index is 0.0902. The molecular formula is C36H21BO2S. The highest BCUT2D eigenvalue weighted by Crippen LogP contribution is 2.40. The zero-order chi connectivity index (χ0) is 26.2. The SMILES string of the molecule is c1cc(-c2cc3c4c(c2)Oc2ccccc2B4c2ccccc2O3)cc(-c2ccc3sc4ccccc4c3c2)c1. The monoisotopic (exact) mass is 528 g/mol. The molecular weight excluding hydrogens is 507 g/mol. The summed E-state index contributed by atoms with van der Waals surface area (Å²) in [6, 6.07) is 45.3. The van der Waals surface area contributed by atoms with Gasteiger partial charge in [0.15, 0.2) is 0 Å². The van der Waals surface area contributed by atoms with E-state index in [0.717, 1.165) is 39.6 Å². The molecule has 3 heterocycles. The van der Waals surface area contributed by atoms with Gasteiger partial charge in [0.25, 0.3) is 6.71 Å². The number of rotatable bonds is 2. The average Bonchev–Trinajstić information content (AvgIpc) is 3.39.